The zero-order valence-corrected chi connectivity index (χ0v) is 15.8. The third-order valence-electron chi connectivity index (χ3n) is 4.82. The Morgan fingerprint density at radius 1 is 1.22 bits per heavy atom. The quantitative estimate of drug-likeness (QED) is 0.646. The van der Waals surface area contributed by atoms with Gasteiger partial charge >= 0.3 is 5.97 Å². The summed E-state index contributed by atoms with van der Waals surface area (Å²) in [4.78, 5) is 10.6. The van der Waals surface area contributed by atoms with Gasteiger partial charge in [0.1, 0.15) is 5.75 Å². The lowest BCUT2D eigenvalue weighted by atomic mass is 9.79. The topological polar surface area (TPSA) is 72.3 Å². The highest BCUT2D eigenvalue weighted by molar-refractivity contribution is 5.66. The van der Waals surface area contributed by atoms with Crippen LogP contribution in [0.2, 0.25) is 0 Å². The van der Waals surface area contributed by atoms with Gasteiger partial charge in [-0.2, -0.15) is 10.2 Å². The molecular weight excluding hydrogens is 340 g/mol. The van der Waals surface area contributed by atoms with Crippen molar-refractivity contribution in [2.75, 3.05) is 6.61 Å². The van der Waals surface area contributed by atoms with Crippen LogP contribution in [0.4, 0.5) is 0 Å². The van der Waals surface area contributed by atoms with Gasteiger partial charge in [-0.05, 0) is 55.4 Å². The van der Waals surface area contributed by atoms with Gasteiger partial charge in [0.25, 0.3) is 0 Å². The van der Waals surface area contributed by atoms with Crippen LogP contribution in [-0.4, -0.2) is 27.9 Å². The zero-order chi connectivity index (χ0) is 19.3. The van der Waals surface area contributed by atoms with E-state index in [-0.39, 0.29) is 11.8 Å². The van der Waals surface area contributed by atoms with E-state index in [4.69, 9.17) is 9.84 Å². The molecule has 0 saturated carbocycles. The third kappa shape index (κ3) is 5.07. The summed E-state index contributed by atoms with van der Waals surface area (Å²) < 4.78 is 5.75. The van der Waals surface area contributed by atoms with Crippen LogP contribution in [0.25, 0.3) is 0 Å². The number of carboxylic acid groups (broad SMARTS) is 1. The standard InChI is InChI=1S/C22H24N2O3/c1-22(2)11-12-27-20-10-9-16(14-19(20)22)7-8-17-13-18(24-23-15-17)5-3-4-6-21(25)26/h9-10,13-15H,3-6,11-12H2,1-2H3,(H,25,26). The average Bonchev–Trinajstić information content (AvgIpc) is 2.64. The minimum absolute atomic E-state index is 0.0899. The van der Waals surface area contributed by atoms with Crippen LogP contribution in [0.3, 0.4) is 0 Å². The first kappa shape index (κ1) is 18.9. The number of aliphatic carboxylic acids is 1. The average molecular weight is 364 g/mol. The van der Waals surface area contributed by atoms with Gasteiger partial charge in [-0.1, -0.05) is 25.7 Å². The van der Waals surface area contributed by atoms with Crippen LogP contribution in [0.15, 0.2) is 30.5 Å². The first-order valence-corrected chi connectivity index (χ1v) is 9.27. The van der Waals surface area contributed by atoms with E-state index in [0.29, 0.717) is 12.8 Å². The molecule has 2 aromatic rings. The fourth-order valence-corrected chi connectivity index (χ4v) is 3.14. The molecule has 0 spiro atoms. The number of hydrogen-bond acceptors (Lipinski definition) is 4. The van der Waals surface area contributed by atoms with E-state index in [1.165, 1.54) is 5.56 Å². The number of unbranched alkanes of at least 4 members (excludes halogenated alkanes) is 1. The SMILES string of the molecule is CC1(C)CCOc2ccc(C#Cc3cnnc(CCCCC(=O)O)c3)cc21. The summed E-state index contributed by atoms with van der Waals surface area (Å²) in [6.07, 6.45) is 4.96. The molecule has 1 aromatic heterocycles. The van der Waals surface area contributed by atoms with Crippen LogP contribution < -0.4 is 4.74 Å². The van der Waals surface area contributed by atoms with Gasteiger partial charge in [0.15, 0.2) is 0 Å². The maximum absolute atomic E-state index is 10.6. The molecule has 1 aromatic carbocycles. The Morgan fingerprint density at radius 2 is 2.04 bits per heavy atom. The molecule has 3 rings (SSSR count). The largest absolute Gasteiger partial charge is 0.493 e. The lowest BCUT2D eigenvalue weighted by Gasteiger charge is -2.32. The summed E-state index contributed by atoms with van der Waals surface area (Å²) in [6.45, 7) is 5.22. The highest BCUT2D eigenvalue weighted by Crippen LogP contribution is 2.38. The Labute approximate surface area is 159 Å². The second-order valence-corrected chi connectivity index (χ2v) is 7.48. The molecule has 0 amide bonds. The first-order chi connectivity index (χ1) is 12.9. The zero-order valence-electron chi connectivity index (χ0n) is 15.8. The predicted molar refractivity (Wildman–Crippen MR) is 103 cm³/mol. The van der Waals surface area contributed by atoms with Crippen molar-refractivity contribution in [3.63, 3.8) is 0 Å². The molecule has 0 unspecified atom stereocenters. The number of carboxylic acids is 1. The van der Waals surface area contributed by atoms with Crippen LogP contribution in [-0.2, 0) is 16.6 Å². The van der Waals surface area contributed by atoms with Crippen LogP contribution in [0, 0.1) is 11.8 Å². The molecule has 1 N–H and O–H groups in total. The monoisotopic (exact) mass is 364 g/mol. The number of benzene rings is 1. The Bertz CT molecular complexity index is 894. The summed E-state index contributed by atoms with van der Waals surface area (Å²) >= 11 is 0. The molecule has 0 aliphatic carbocycles. The van der Waals surface area contributed by atoms with Crippen molar-refractivity contribution in [3.05, 3.63) is 52.8 Å². The first-order valence-electron chi connectivity index (χ1n) is 9.27. The molecule has 5 nitrogen and oxygen atoms in total. The molecule has 2 heterocycles. The molecule has 0 atom stereocenters. The molecular formula is C22H24N2O3. The van der Waals surface area contributed by atoms with E-state index >= 15 is 0 Å². The summed E-state index contributed by atoms with van der Waals surface area (Å²) in [5, 5.41) is 16.8. The fourth-order valence-electron chi connectivity index (χ4n) is 3.14. The van der Waals surface area contributed by atoms with E-state index in [0.717, 1.165) is 42.0 Å². The van der Waals surface area contributed by atoms with Crippen LogP contribution >= 0.6 is 0 Å². The van der Waals surface area contributed by atoms with Crippen molar-refractivity contribution in [2.45, 2.75) is 51.4 Å². The fraction of sp³-hybridized carbons (Fsp3) is 0.409. The molecule has 1 aliphatic rings. The summed E-state index contributed by atoms with van der Waals surface area (Å²) in [7, 11) is 0. The number of hydrogen-bond donors (Lipinski definition) is 1. The highest BCUT2D eigenvalue weighted by atomic mass is 16.5. The Hall–Kier alpha value is -2.87. The number of ether oxygens (including phenoxy) is 1. The van der Waals surface area contributed by atoms with Crippen molar-refractivity contribution in [1.29, 1.82) is 0 Å². The summed E-state index contributed by atoms with van der Waals surface area (Å²) in [6, 6.07) is 8.02. The van der Waals surface area contributed by atoms with E-state index in [1.807, 2.05) is 18.2 Å². The van der Waals surface area contributed by atoms with Gasteiger partial charge < -0.3 is 9.84 Å². The molecule has 0 radical (unpaired) electrons. The number of carbonyl (C=O) groups is 1. The van der Waals surface area contributed by atoms with Crippen LogP contribution in [0.1, 0.15) is 61.9 Å². The molecule has 0 fully saturated rings. The maximum Gasteiger partial charge on any atom is 0.303 e. The molecule has 5 heteroatoms. The van der Waals surface area contributed by atoms with Gasteiger partial charge in [-0.15, -0.1) is 0 Å². The highest BCUT2D eigenvalue weighted by Gasteiger charge is 2.28. The number of aryl methyl sites for hydroxylation is 1. The Balaban J connectivity index is 1.71. The van der Waals surface area contributed by atoms with Crippen LogP contribution in [0.5, 0.6) is 5.75 Å². The number of nitrogens with zero attached hydrogens (tertiary/aromatic N) is 2. The molecule has 0 bridgehead atoms. The number of fused-ring (bicyclic) bond motifs is 1. The van der Waals surface area contributed by atoms with E-state index in [1.54, 1.807) is 6.20 Å². The van der Waals surface area contributed by atoms with E-state index in [2.05, 4.69) is 42.0 Å². The molecule has 1 aliphatic heterocycles. The Morgan fingerprint density at radius 3 is 2.85 bits per heavy atom. The predicted octanol–water partition coefficient (Wildman–Crippen LogP) is 3.73. The van der Waals surface area contributed by atoms with Crippen molar-refractivity contribution in [1.82, 2.24) is 10.2 Å². The third-order valence-corrected chi connectivity index (χ3v) is 4.82. The number of aromatic nitrogens is 2. The van der Waals surface area contributed by atoms with Gasteiger partial charge in [-0.25, -0.2) is 0 Å². The van der Waals surface area contributed by atoms with Gasteiger partial charge in [0, 0.05) is 23.1 Å². The molecule has 27 heavy (non-hydrogen) atoms. The van der Waals surface area contributed by atoms with Crippen molar-refractivity contribution in [3.8, 4) is 17.6 Å². The van der Waals surface area contributed by atoms with Crippen molar-refractivity contribution >= 4 is 5.97 Å². The van der Waals surface area contributed by atoms with Crippen molar-refractivity contribution in [2.24, 2.45) is 0 Å². The lowest BCUT2D eigenvalue weighted by Crippen LogP contribution is -2.26. The summed E-state index contributed by atoms with van der Waals surface area (Å²) in [5.74, 6) is 6.55. The second kappa shape index (κ2) is 8.22. The van der Waals surface area contributed by atoms with E-state index < -0.39 is 5.97 Å². The molecule has 0 saturated heterocycles. The smallest absolute Gasteiger partial charge is 0.303 e. The molecule has 140 valence electrons. The minimum Gasteiger partial charge on any atom is -0.493 e. The lowest BCUT2D eigenvalue weighted by molar-refractivity contribution is -0.137. The van der Waals surface area contributed by atoms with Crippen molar-refractivity contribution < 1.29 is 14.6 Å². The normalized spacial score (nSPS) is 14.4. The van der Waals surface area contributed by atoms with Gasteiger partial charge in [0.2, 0.25) is 0 Å². The van der Waals surface area contributed by atoms with Gasteiger partial charge in [-0.3, -0.25) is 4.79 Å². The minimum atomic E-state index is -0.765. The maximum atomic E-state index is 10.6. The summed E-state index contributed by atoms with van der Waals surface area (Å²) in [5.41, 5.74) is 3.89. The second-order valence-electron chi connectivity index (χ2n) is 7.48. The Kier molecular flexibility index (Phi) is 5.75. The number of rotatable bonds is 5. The van der Waals surface area contributed by atoms with Gasteiger partial charge in [0.05, 0.1) is 18.5 Å². The van der Waals surface area contributed by atoms with E-state index in [9.17, 15) is 4.79 Å².